The highest BCUT2D eigenvalue weighted by molar-refractivity contribution is 5.72. The van der Waals surface area contributed by atoms with E-state index >= 15 is 0 Å². The van der Waals surface area contributed by atoms with Crippen LogP contribution in [0.5, 0.6) is 0 Å². The summed E-state index contributed by atoms with van der Waals surface area (Å²) in [4.78, 5) is 19.1. The SMILES string of the molecule is C#CCN1CCN(C2CCN(CC(=O)OC(C)(C)C)CC2)CC1. The minimum Gasteiger partial charge on any atom is -0.459 e. The van der Waals surface area contributed by atoms with E-state index < -0.39 is 5.60 Å². The van der Waals surface area contributed by atoms with Gasteiger partial charge in [0.15, 0.2) is 0 Å². The van der Waals surface area contributed by atoms with Gasteiger partial charge in [-0.25, -0.2) is 0 Å². The first-order valence-electron chi connectivity index (χ1n) is 8.71. The summed E-state index contributed by atoms with van der Waals surface area (Å²) in [5.41, 5.74) is -0.395. The normalized spacial score (nSPS) is 22.7. The van der Waals surface area contributed by atoms with E-state index in [0.717, 1.165) is 58.7 Å². The lowest BCUT2D eigenvalue weighted by atomic mass is 10.0. The zero-order chi connectivity index (χ0) is 16.9. The molecule has 0 N–H and O–H groups in total. The number of nitrogens with zero attached hydrogens (tertiary/aromatic N) is 3. The molecule has 0 aromatic heterocycles. The lowest BCUT2D eigenvalue weighted by molar-refractivity contribution is -0.156. The fourth-order valence-corrected chi connectivity index (χ4v) is 3.41. The van der Waals surface area contributed by atoms with Crippen LogP contribution in [-0.2, 0) is 9.53 Å². The molecule has 0 unspecified atom stereocenters. The van der Waals surface area contributed by atoms with Crippen molar-refractivity contribution in [3.63, 3.8) is 0 Å². The minimum atomic E-state index is -0.395. The number of esters is 1. The summed E-state index contributed by atoms with van der Waals surface area (Å²) in [5, 5.41) is 0. The van der Waals surface area contributed by atoms with Crippen LogP contribution in [0.25, 0.3) is 0 Å². The first-order chi connectivity index (χ1) is 10.9. The summed E-state index contributed by atoms with van der Waals surface area (Å²) in [7, 11) is 0. The van der Waals surface area contributed by atoms with Crippen LogP contribution in [0.3, 0.4) is 0 Å². The van der Waals surface area contributed by atoms with Gasteiger partial charge in [-0.2, -0.15) is 0 Å². The number of carbonyl (C=O) groups excluding carboxylic acids is 1. The summed E-state index contributed by atoms with van der Waals surface area (Å²) in [6.45, 7) is 13.2. The predicted molar refractivity (Wildman–Crippen MR) is 92.2 cm³/mol. The van der Waals surface area contributed by atoms with E-state index in [4.69, 9.17) is 11.2 Å². The Kier molecular flexibility index (Phi) is 6.46. The molecule has 0 aliphatic carbocycles. The number of hydrogen-bond acceptors (Lipinski definition) is 5. The summed E-state index contributed by atoms with van der Waals surface area (Å²) < 4.78 is 5.41. The lowest BCUT2D eigenvalue weighted by Gasteiger charge is -2.42. The Morgan fingerprint density at radius 1 is 1.09 bits per heavy atom. The van der Waals surface area contributed by atoms with Crippen LogP contribution in [0, 0.1) is 12.3 Å². The van der Waals surface area contributed by atoms with Crippen LogP contribution in [-0.4, -0.2) is 84.7 Å². The first-order valence-corrected chi connectivity index (χ1v) is 8.71. The largest absolute Gasteiger partial charge is 0.459 e. The zero-order valence-corrected chi connectivity index (χ0v) is 14.9. The molecule has 2 aliphatic rings. The van der Waals surface area contributed by atoms with Gasteiger partial charge in [-0.3, -0.25) is 19.5 Å². The number of hydrogen-bond donors (Lipinski definition) is 0. The number of piperidine rings is 1. The highest BCUT2D eigenvalue weighted by Gasteiger charge is 2.28. The number of rotatable bonds is 4. The monoisotopic (exact) mass is 321 g/mol. The zero-order valence-electron chi connectivity index (χ0n) is 14.9. The fourth-order valence-electron chi connectivity index (χ4n) is 3.41. The molecule has 2 heterocycles. The molecule has 0 saturated carbocycles. The van der Waals surface area contributed by atoms with Crippen molar-refractivity contribution in [2.24, 2.45) is 0 Å². The average molecular weight is 321 g/mol. The third-order valence-corrected chi connectivity index (χ3v) is 4.57. The van der Waals surface area contributed by atoms with Crippen molar-refractivity contribution >= 4 is 5.97 Å². The molecule has 0 aromatic carbocycles. The third-order valence-electron chi connectivity index (χ3n) is 4.57. The molecule has 130 valence electrons. The van der Waals surface area contributed by atoms with Crippen LogP contribution in [0.4, 0.5) is 0 Å². The third kappa shape index (κ3) is 6.14. The maximum Gasteiger partial charge on any atom is 0.320 e. The highest BCUT2D eigenvalue weighted by atomic mass is 16.6. The molecular formula is C18H31N3O2. The van der Waals surface area contributed by atoms with Gasteiger partial charge in [-0.1, -0.05) is 5.92 Å². The Morgan fingerprint density at radius 2 is 1.70 bits per heavy atom. The van der Waals surface area contributed by atoms with E-state index in [9.17, 15) is 4.79 Å². The van der Waals surface area contributed by atoms with Gasteiger partial charge in [0, 0.05) is 45.3 Å². The quantitative estimate of drug-likeness (QED) is 0.571. The molecule has 23 heavy (non-hydrogen) atoms. The molecule has 5 heteroatoms. The Bertz CT molecular complexity index is 423. The van der Waals surface area contributed by atoms with Gasteiger partial charge in [0.05, 0.1) is 13.1 Å². The van der Waals surface area contributed by atoms with E-state index in [2.05, 4.69) is 20.6 Å². The predicted octanol–water partition coefficient (Wildman–Crippen LogP) is 1.04. The Balaban J connectivity index is 1.68. The van der Waals surface area contributed by atoms with Gasteiger partial charge in [-0.05, 0) is 33.6 Å². The van der Waals surface area contributed by atoms with Gasteiger partial charge in [0.1, 0.15) is 5.60 Å². The van der Waals surface area contributed by atoms with Crippen molar-refractivity contribution in [1.82, 2.24) is 14.7 Å². The van der Waals surface area contributed by atoms with Gasteiger partial charge in [0.2, 0.25) is 0 Å². The van der Waals surface area contributed by atoms with E-state index in [0.29, 0.717) is 12.6 Å². The smallest absolute Gasteiger partial charge is 0.320 e. The second kappa shape index (κ2) is 8.14. The molecule has 5 nitrogen and oxygen atoms in total. The molecule has 2 fully saturated rings. The van der Waals surface area contributed by atoms with E-state index in [-0.39, 0.29) is 5.97 Å². The molecule has 2 saturated heterocycles. The van der Waals surface area contributed by atoms with Gasteiger partial charge in [-0.15, -0.1) is 6.42 Å². The van der Waals surface area contributed by atoms with Crippen molar-refractivity contribution in [2.45, 2.75) is 45.3 Å². The molecule has 2 aliphatic heterocycles. The van der Waals surface area contributed by atoms with Crippen molar-refractivity contribution in [3.05, 3.63) is 0 Å². The van der Waals surface area contributed by atoms with Crippen molar-refractivity contribution < 1.29 is 9.53 Å². The molecule has 0 aromatic rings. The van der Waals surface area contributed by atoms with Gasteiger partial charge in [0.25, 0.3) is 0 Å². The lowest BCUT2D eigenvalue weighted by Crippen LogP contribution is -2.53. The average Bonchev–Trinajstić information content (AvgIpc) is 2.47. The molecule has 0 bridgehead atoms. The fraction of sp³-hybridized carbons (Fsp3) is 0.833. The Hall–Kier alpha value is -1.09. The maximum absolute atomic E-state index is 11.9. The summed E-state index contributed by atoms with van der Waals surface area (Å²) in [5.74, 6) is 2.62. The highest BCUT2D eigenvalue weighted by Crippen LogP contribution is 2.18. The summed E-state index contributed by atoms with van der Waals surface area (Å²) >= 11 is 0. The van der Waals surface area contributed by atoms with Gasteiger partial charge >= 0.3 is 5.97 Å². The van der Waals surface area contributed by atoms with Crippen LogP contribution >= 0.6 is 0 Å². The van der Waals surface area contributed by atoms with Crippen LogP contribution < -0.4 is 0 Å². The second-order valence-electron chi connectivity index (χ2n) is 7.61. The number of terminal acetylenes is 1. The van der Waals surface area contributed by atoms with Crippen molar-refractivity contribution in [1.29, 1.82) is 0 Å². The van der Waals surface area contributed by atoms with Crippen molar-refractivity contribution in [2.75, 3.05) is 52.4 Å². The second-order valence-corrected chi connectivity index (χ2v) is 7.61. The van der Waals surface area contributed by atoms with Crippen molar-refractivity contribution in [3.8, 4) is 12.3 Å². The molecule has 0 radical (unpaired) electrons. The minimum absolute atomic E-state index is 0.112. The Labute approximate surface area is 140 Å². The number of piperazine rings is 1. The first kappa shape index (κ1) is 18.3. The van der Waals surface area contributed by atoms with Crippen LogP contribution in [0.1, 0.15) is 33.6 Å². The molecular weight excluding hydrogens is 290 g/mol. The topological polar surface area (TPSA) is 36.0 Å². The maximum atomic E-state index is 11.9. The van der Waals surface area contributed by atoms with E-state index in [1.165, 1.54) is 0 Å². The van der Waals surface area contributed by atoms with E-state index in [1.807, 2.05) is 20.8 Å². The van der Waals surface area contributed by atoms with Crippen LogP contribution in [0.2, 0.25) is 0 Å². The van der Waals surface area contributed by atoms with E-state index in [1.54, 1.807) is 0 Å². The molecule has 0 spiro atoms. The molecule has 0 amide bonds. The summed E-state index contributed by atoms with van der Waals surface area (Å²) in [6.07, 6.45) is 7.66. The summed E-state index contributed by atoms with van der Waals surface area (Å²) in [6, 6.07) is 0.651. The standard InChI is InChI=1S/C18H31N3O2/c1-5-8-19-11-13-21(14-12-19)16-6-9-20(10-7-16)15-17(22)23-18(2,3)4/h1,16H,6-15H2,2-4H3. The number of ether oxygens (including phenoxy) is 1. The molecule has 0 atom stereocenters. The number of carbonyl (C=O) groups is 1. The number of likely N-dealkylation sites (tertiary alicyclic amines) is 1. The molecule has 2 rings (SSSR count). The Morgan fingerprint density at radius 3 is 2.22 bits per heavy atom. The van der Waals surface area contributed by atoms with Crippen LogP contribution in [0.15, 0.2) is 0 Å². The van der Waals surface area contributed by atoms with Gasteiger partial charge < -0.3 is 4.74 Å².